The van der Waals surface area contributed by atoms with Gasteiger partial charge in [-0.2, -0.15) is 4.98 Å². The predicted molar refractivity (Wildman–Crippen MR) is 109 cm³/mol. The Hall–Kier alpha value is -3.06. The maximum absolute atomic E-state index is 5.82. The Bertz CT molecular complexity index is 928. The highest BCUT2D eigenvalue weighted by atomic mass is 16.5. The molecule has 146 valence electrons. The monoisotopic (exact) mass is 380 g/mol. The minimum Gasteiger partial charge on any atom is -0.497 e. The van der Waals surface area contributed by atoms with Crippen LogP contribution in [0, 0.1) is 0 Å². The van der Waals surface area contributed by atoms with Gasteiger partial charge in [0.2, 0.25) is 5.88 Å². The maximum Gasteiger partial charge on any atom is 0.234 e. The molecule has 1 N–H and O–H groups in total. The number of nitrogens with zero attached hydrogens (tertiary/aromatic N) is 3. The van der Waals surface area contributed by atoms with E-state index in [1.54, 1.807) is 19.5 Å². The first-order chi connectivity index (χ1) is 13.8. The number of hydrogen-bond acceptors (Lipinski definition) is 7. The number of anilines is 1. The van der Waals surface area contributed by atoms with E-state index < -0.39 is 0 Å². The summed E-state index contributed by atoms with van der Waals surface area (Å²) in [7, 11) is 1.67. The molecule has 1 aromatic heterocycles. The normalized spacial score (nSPS) is 14.1. The van der Waals surface area contributed by atoms with Crippen LogP contribution in [-0.2, 0) is 0 Å². The van der Waals surface area contributed by atoms with E-state index >= 15 is 0 Å². The number of rotatable bonds is 7. The summed E-state index contributed by atoms with van der Waals surface area (Å²) >= 11 is 0. The van der Waals surface area contributed by atoms with Crippen molar-refractivity contribution in [1.82, 2.24) is 15.3 Å². The standard InChI is InChI=1S/C21H24N4O3/c1-26-18-4-2-16-3-5-19(13-17(16)12-18)27-10-11-28-21-15-23-14-20(24-21)25-8-6-22-7-9-25/h2-5,12-15,22H,6-11H2,1H3. The largest absolute Gasteiger partial charge is 0.497 e. The fourth-order valence-corrected chi connectivity index (χ4v) is 3.18. The van der Waals surface area contributed by atoms with Crippen molar-refractivity contribution in [2.75, 3.05) is 51.4 Å². The summed E-state index contributed by atoms with van der Waals surface area (Å²) in [6.45, 7) is 4.59. The third kappa shape index (κ3) is 4.43. The number of methoxy groups -OCH3 is 1. The van der Waals surface area contributed by atoms with E-state index in [9.17, 15) is 0 Å². The second kappa shape index (κ2) is 8.75. The molecule has 0 unspecified atom stereocenters. The van der Waals surface area contributed by atoms with Crippen LogP contribution < -0.4 is 24.4 Å². The molecule has 0 spiro atoms. The molecule has 0 saturated carbocycles. The Morgan fingerprint density at radius 3 is 2.50 bits per heavy atom. The van der Waals surface area contributed by atoms with E-state index in [4.69, 9.17) is 14.2 Å². The first-order valence-electron chi connectivity index (χ1n) is 9.43. The van der Waals surface area contributed by atoms with Crippen LogP contribution in [0.2, 0.25) is 0 Å². The van der Waals surface area contributed by atoms with Gasteiger partial charge in [0.15, 0.2) is 5.82 Å². The number of ether oxygens (including phenoxy) is 3. The van der Waals surface area contributed by atoms with Crippen molar-refractivity contribution in [3.05, 3.63) is 48.8 Å². The Balaban J connectivity index is 1.31. The minimum atomic E-state index is 0.399. The minimum absolute atomic E-state index is 0.399. The van der Waals surface area contributed by atoms with Gasteiger partial charge in [0.05, 0.1) is 19.5 Å². The molecule has 28 heavy (non-hydrogen) atoms. The molecule has 4 rings (SSSR count). The van der Waals surface area contributed by atoms with Crippen LogP contribution >= 0.6 is 0 Å². The molecule has 1 aliphatic rings. The van der Waals surface area contributed by atoms with Crippen molar-refractivity contribution in [2.24, 2.45) is 0 Å². The summed E-state index contributed by atoms with van der Waals surface area (Å²) in [5.74, 6) is 2.99. The van der Waals surface area contributed by atoms with Crippen molar-refractivity contribution >= 4 is 16.6 Å². The van der Waals surface area contributed by atoms with Crippen LogP contribution in [0.4, 0.5) is 5.82 Å². The quantitative estimate of drug-likeness (QED) is 0.632. The van der Waals surface area contributed by atoms with E-state index in [-0.39, 0.29) is 0 Å². The van der Waals surface area contributed by atoms with Gasteiger partial charge in [-0.15, -0.1) is 0 Å². The van der Waals surface area contributed by atoms with Gasteiger partial charge >= 0.3 is 0 Å². The SMILES string of the molecule is COc1ccc2ccc(OCCOc3cncc(N4CCNCC4)n3)cc2c1. The second-order valence-electron chi connectivity index (χ2n) is 6.52. The van der Waals surface area contributed by atoms with E-state index in [0.29, 0.717) is 19.1 Å². The smallest absolute Gasteiger partial charge is 0.234 e. The molecule has 7 heteroatoms. The molecule has 2 heterocycles. The van der Waals surface area contributed by atoms with E-state index in [1.807, 2.05) is 36.4 Å². The highest BCUT2D eigenvalue weighted by Gasteiger charge is 2.12. The molecule has 1 fully saturated rings. The van der Waals surface area contributed by atoms with E-state index in [1.165, 1.54) is 0 Å². The van der Waals surface area contributed by atoms with Crippen molar-refractivity contribution in [3.8, 4) is 17.4 Å². The lowest BCUT2D eigenvalue weighted by molar-refractivity contribution is 0.211. The zero-order valence-electron chi connectivity index (χ0n) is 15.9. The van der Waals surface area contributed by atoms with Crippen molar-refractivity contribution in [3.63, 3.8) is 0 Å². The lowest BCUT2D eigenvalue weighted by atomic mass is 10.1. The Morgan fingerprint density at radius 2 is 1.68 bits per heavy atom. The average molecular weight is 380 g/mol. The lowest BCUT2D eigenvalue weighted by Gasteiger charge is -2.28. The van der Waals surface area contributed by atoms with E-state index in [2.05, 4.69) is 20.2 Å². The van der Waals surface area contributed by atoms with Crippen LogP contribution in [0.5, 0.6) is 17.4 Å². The fourth-order valence-electron chi connectivity index (χ4n) is 3.18. The summed E-state index contributed by atoms with van der Waals surface area (Å²) in [5.41, 5.74) is 0. The van der Waals surface area contributed by atoms with Crippen LogP contribution in [0.1, 0.15) is 0 Å². The molecular formula is C21H24N4O3. The molecule has 0 amide bonds. The summed E-state index contributed by atoms with van der Waals surface area (Å²) in [6.07, 6.45) is 3.41. The number of benzene rings is 2. The summed E-state index contributed by atoms with van der Waals surface area (Å²) in [4.78, 5) is 11.0. The molecule has 2 aromatic carbocycles. The Kier molecular flexibility index (Phi) is 5.72. The van der Waals surface area contributed by atoms with Gasteiger partial charge in [-0.25, -0.2) is 0 Å². The number of hydrogen-bond donors (Lipinski definition) is 1. The molecule has 7 nitrogen and oxygen atoms in total. The second-order valence-corrected chi connectivity index (χ2v) is 6.52. The van der Waals surface area contributed by atoms with Crippen LogP contribution in [0.25, 0.3) is 10.8 Å². The van der Waals surface area contributed by atoms with Crippen LogP contribution in [-0.4, -0.2) is 56.5 Å². The number of piperazine rings is 1. The third-order valence-corrected chi connectivity index (χ3v) is 4.66. The fraction of sp³-hybridized carbons (Fsp3) is 0.333. The zero-order chi connectivity index (χ0) is 19.2. The molecule has 0 radical (unpaired) electrons. The van der Waals surface area contributed by atoms with Crippen LogP contribution in [0.3, 0.4) is 0 Å². The first-order valence-corrected chi connectivity index (χ1v) is 9.43. The molecule has 3 aromatic rings. The third-order valence-electron chi connectivity index (χ3n) is 4.66. The number of aromatic nitrogens is 2. The Labute approximate surface area is 164 Å². The summed E-state index contributed by atoms with van der Waals surface area (Å²) in [6, 6.07) is 12.0. The van der Waals surface area contributed by atoms with Gasteiger partial charge in [0, 0.05) is 26.2 Å². The van der Waals surface area contributed by atoms with Gasteiger partial charge in [0.1, 0.15) is 24.7 Å². The first kappa shape index (κ1) is 18.3. The van der Waals surface area contributed by atoms with Crippen molar-refractivity contribution < 1.29 is 14.2 Å². The molecule has 1 saturated heterocycles. The predicted octanol–water partition coefficient (Wildman–Crippen LogP) is 2.51. The van der Waals surface area contributed by atoms with Crippen LogP contribution in [0.15, 0.2) is 48.8 Å². The molecule has 0 bridgehead atoms. The summed E-state index contributed by atoms with van der Waals surface area (Å²) in [5, 5.41) is 5.55. The topological polar surface area (TPSA) is 68.7 Å². The van der Waals surface area contributed by atoms with Gasteiger partial charge in [-0.1, -0.05) is 12.1 Å². The Morgan fingerprint density at radius 1 is 0.929 bits per heavy atom. The summed E-state index contributed by atoms with van der Waals surface area (Å²) < 4.78 is 16.8. The molecule has 1 aliphatic heterocycles. The highest BCUT2D eigenvalue weighted by Crippen LogP contribution is 2.25. The number of fused-ring (bicyclic) bond motifs is 1. The molecule has 0 atom stereocenters. The van der Waals surface area contributed by atoms with E-state index in [0.717, 1.165) is 54.3 Å². The van der Waals surface area contributed by atoms with Gasteiger partial charge < -0.3 is 24.4 Å². The average Bonchev–Trinajstić information content (AvgIpc) is 2.77. The molecular weight excluding hydrogens is 356 g/mol. The maximum atomic E-state index is 5.82. The van der Waals surface area contributed by atoms with Gasteiger partial charge in [-0.3, -0.25) is 4.98 Å². The highest BCUT2D eigenvalue weighted by molar-refractivity contribution is 5.85. The number of nitrogens with one attached hydrogen (secondary N) is 1. The van der Waals surface area contributed by atoms with Crippen molar-refractivity contribution in [1.29, 1.82) is 0 Å². The van der Waals surface area contributed by atoms with Crippen molar-refractivity contribution in [2.45, 2.75) is 0 Å². The van der Waals surface area contributed by atoms with Gasteiger partial charge in [-0.05, 0) is 35.0 Å². The molecule has 0 aliphatic carbocycles. The lowest BCUT2D eigenvalue weighted by Crippen LogP contribution is -2.43. The van der Waals surface area contributed by atoms with Gasteiger partial charge in [0.25, 0.3) is 0 Å². The zero-order valence-corrected chi connectivity index (χ0v) is 15.9.